The molecule has 0 unspecified atom stereocenters. The van der Waals surface area contributed by atoms with Crippen LogP contribution in [0.4, 0.5) is 10.3 Å². The molecule has 0 aliphatic heterocycles. The molecule has 3 aromatic rings. The van der Waals surface area contributed by atoms with Gasteiger partial charge in [0.2, 0.25) is 5.95 Å². The van der Waals surface area contributed by atoms with Gasteiger partial charge in [0.15, 0.2) is 0 Å². The Labute approximate surface area is 148 Å². The third-order valence-corrected chi connectivity index (χ3v) is 3.67. The quantitative estimate of drug-likeness (QED) is 0.560. The third kappa shape index (κ3) is 3.49. The van der Waals surface area contributed by atoms with Crippen molar-refractivity contribution in [2.45, 2.75) is 6.92 Å². The fourth-order valence-corrected chi connectivity index (χ4v) is 2.37. The van der Waals surface area contributed by atoms with Crippen LogP contribution in [0.5, 0.6) is 0 Å². The minimum atomic E-state index is -0.583. The van der Waals surface area contributed by atoms with Gasteiger partial charge in [0, 0.05) is 11.1 Å². The van der Waals surface area contributed by atoms with Gasteiger partial charge in [0.25, 0.3) is 5.56 Å². The van der Waals surface area contributed by atoms with Gasteiger partial charge in [-0.1, -0.05) is 48.5 Å². The summed E-state index contributed by atoms with van der Waals surface area (Å²) in [6.45, 7) is 1.66. The number of hydrazone groups is 1. The van der Waals surface area contributed by atoms with E-state index in [1.54, 1.807) is 49.4 Å². The van der Waals surface area contributed by atoms with Gasteiger partial charge in [-0.25, -0.2) is 14.8 Å². The fourth-order valence-electron chi connectivity index (χ4n) is 2.37. The van der Waals surface area contributed by atoms with Crippen molar-refractivity contribution in [2.75, 3.05) is 5.43 Å². The number of anilines is 1. The SMILES string of the molecule is Cc1cccc(C=NNc2nc(-c3ccccc3)c(C#N)c(=O)[nH]2)c1F. The predicted molar refractivity (Wildman–Crippen MR) is 97.4 cm³/mol. The van der Waals surface area contributed by atoms with E-state index < -0.39 is 5.56 Å². The molecule has 0 atom stereocenters. The zero-order valence-corrected chi connectivity index (χ0v) is 13.8. The number of benzene rings is 2. The van der Waals surface area contributed by atoms with Crippen LogP contribution in [0.25, 0.3) is 11.3 Å². The summed E-state index contributed by atoms with van der Waals surface area (Å²) in [7, 11) is 0. The molecule has 2 N–H and O–H groups in total. The maximum atomic E-state index is 13.9. The lowest BCUT2D eigenvalue weighted by molar-refractivity contribution is 0.616. The number of nitrogens with one attached hydrogen (secondary N) is 2. The van der Waals surface area contributed by atoms with Crippen LogP contribution >= 0.6 is 0 Å². The van der Waals surface area contributed by atoms with Gasteiger partial charge < -0.3 is 0 Å². The number of rotatable bonds is 4. The van der Waals surface area contributed by atoms with E-state index in [1.165, 1.54) is 6.21 Å². The minimum absolute atomic E-state index is 0.0529. The Hall–Kier alpha value is -3.79. The van der Waals surface area contributed by atoms with Crippen molar-refractivity contribution in [1.82, 2.24) is 9.97 Å². The first-order chi connectivity index (χ1) is 12.6. The van der Waals surface area contributed by atoms with E-state index in [2.05, 4.69) is 20.5 Å². The molecule has 1 aromatic heterocycles. The summed E-state index contributed by atoms with van der Waals surface area (Å²) >= 11 is 0. The van der Waals surface area contributed by atoms with E-state index in [-0.39, 0.29) is 23.0 Å². The Kier molecular flexibility index (Phi) is 4.85. The Morgan fingerprint density at radius 1 is 1.23 bits per heavy atom. The van der Waals surface area contributed by atoms with Crippen LogP contribution in [-0.2, 0) is 0 Å². The molecular weight excluding hydrogens is 333 g/mol. The summed E-state index contributed by atoms with van der Waals surface area (Å²) in [5.41, 5.74) is 3.58. The number of aryl methyl sites for hydroxylation is 1. The summed E-state index contributed by atoms with van der Waals surface area (Å²) in [5.74, 6) is -0.318. The van der Waals surface area contributed by atoms with Crippen LogP contribution in [0.1, 0.15) is 16.7 Å². The largest absolute Gasteiger partial charge is 0.290 e. The lowest BCUT2D eigenvalue weighted by Gasteiger charge is -2.06. The molecule has 26 heavy (non-hydrogen) atoms. The van der Waals surface area contributed by atoms with Crippen molar-refractivity contribution in [3.63, 3.8) is 0 Å². The van der Waals surface area contributed by atoms with Gasteiger partial charge in [-0.05, 0) is 12.5 Å². The first kappa shape index (κ1) is 17.0. The highest BCUT2D eigenvalue weighted by molar-refractivity contribution is 5.80. The number of H-pyrrole nitrogens is 1. The molecule has 0 radical (unpaired) electrons. The molecule has 3 rings (SSSR count). The summed E-state index contributed by atoms with van der Waals surface area (Å²) < 4.78 is 13.9. The topological polar surface area (TPSA) is 93.9 Å². The maximum absolute atomic E-state index is 13.9. The lowest BCUT2D eigenvalue weighted by Crippen LogP contribution is -2.16. The molecule has 128 valence electrons. The fraction of sp³-hybridized carbons (Fsp3) is 0.0526. The Balaban J connectivity index is 1.93. The number of nitrogens with zero attached hydrogens (tertiary/aromatic N) is 3. The number of halogens is 1. The van der Waals surface area contributed by atoms with Gasteiger partial charge in [-0.2, -0.15) is 10.4 Å². The van der Waals surface area contributed by atoms with E-state index in [0.29, 0.717) is 16.7 Å². The molecule has 0 fully saturated rings. The summed E-state index contributed by atoms with van der Waals surface area (Å²) in [5, 5.41) is 13.1. The van der Waals surface area contributed by atoms with Crippen molar-refractivity contribution in [2.24, 2.45) is 5.10 Å². The van der Waals surface area contributed by atoms with E-state index in [4.69, 9.17) is 0 Å². The number of aromatic amines is 1. The molecule has 0 saturated carbocycles. The molecule has 6 nitrogen and oxygen atoms in total. The van der Waals surface area contributed by atoms with Crippen molar-refractivity contribution < 1.29 is 4.39 Å². The number of hydrogen-bond acceptors (Lipinski definition) is 5. The average molecular weight is 347 g/mol. The standard InChI is InChI=1S/C19H14FN5O/c1-12-6-5-9-14(16(12)20)11-22-25-19-23-17(13-7-3-2-4-8-13)15(10-21)18(26)24-19/h2-9,11H,1H3,(H2,23,24,25,26). The number of nitriles is 1. The van der Waals surface area contributed by atoms with E-state index in [9.17, 15) is 14.4 Å². The maximum Gasteiger partial charge on any atom is 0.270 e. The second-order valence-corrected chi connectivity index (χ2v) is 5.46. The van der Waals surface area contributed by atoms with Crippen molar-refractivity contribution in [1.29, 1.82) is 5.26 Å². The van der Waals surface area contributed by atoms with Gasteiger partial charge in [-0.15, -0.1) is 0 Å². The summed E-state index contributed by atoms with van der Waals surface area (Å²) in [4.78, 5) is 18.8. The summed E-state index contributed by atoms with van der Waals surface area (Å²) in [6.07, 6.45) is 1.29. The molecule has 0 saturated heterocycles. The summed E-state index contributed by atoms with van der Waals surface area (Å²) in [6, 6.07) is 15.7. The zero-order valence-electron chi connectivity index (χ0n) is 13.8. The Bertz CT molecular complexity index is 1070. The molecule has 0 aliphatic carbocycles. The van der Waals surface area contributed by atoms with Crippen molar-refractivity contribution >= 4 is 12.2 Å². The van der Waals surface area contributed by atoms with Crippen LogP contribution in [0, 0.1) is 24.1 Å². The van der Waals surface area contributed by atoms with Gasteiger partial charge >= 0.3 is 0 Å². The van der Waals surface area contributed by atoms with Gasteiger partial charge in [0.05, 0.1) is 11.9 Å². The second kappa shape index (κ2) is 7.40. The van der Waals surface area contributed by atoms with Crippen LogP contribution in [0.15, 0.2) is 58.4 Å². The Morgan fingerprint density at radius 3 is 2.73 bits per heavy atom. The van der Waals surface area contributed by atoms with Crippen molar-refractivity contribution in [3.8, 4) is 17.3 Å². The molecule has 0 spiro atoms. The number of hydrogen-bond donors (Lipinski definition) is 2. The highest BCUT2D eigenvalue weighted by Gasteiger charge is 2.12. The van der Waals surface area contributed by atoms with Crippen molar-refractivity contribution in [3.05, 3.63) is 81.4 Å². The molecule has 2 aromatic carbocycles. The smallest absolute Gasteiger partial charge is 0.270 e. The third-order valence-electron chi connectivity index (χ3n) is 3.67. The predicted octanol–water partition coefficient (Wildman–Crippen LogP) is 3.20. The Morgan fingerprint density at radius 2 is 2.00 bits per heavy atom. The van der Waals surface area contributed by atoms with Gasteiger partial charge in [-0.3, -0.25) is 9.78 Å². The minimum Gasteiger partial charge on any atom is -0.290 e. The first-order valence-electron chi connectivity index (χ1n) is 7.74. The monoisotopic (exact) mass is 347 g/mol. The molecule has 0 aliphatic rings. The molecule has 7 heteroatoms. The highest BCUT2D eigenvalue weighted by Crippen LogP contribution is 2.19. The number of aromatic nitrogens is 2. The van der Waals surface area contributed by atoms with Gasteiger partial charge in [0.1, 0.15) is 17.4 Å². The highest BCUT2D eigenvalue weighted by atomic mass is 19.1. The van der Waals surface area contributed by atoms with E-state index in [1.807, 2.05) is 12.1 Å². The molecule has 1 heterocycles. The van der Waals surface area contributed by atoms with Crippen LogP contribution in [0.2, 0.25) is 0 Å². The van der Waals surface area contributed by atoms with Crippen LogP contribution < -0.4 is 11.0 Å². The van der Waals surface area contributed by atoms with E-state index in [0.717, 1.165) is 0 Å². The van der Waals surface area contributed by atoms with Crippen LogP contribution in [-0.4, -0.2) is 16.2 Å². The molecule has 0 amide bonds. The zero-order chi connectivity index (χ0) is 18.5. The molecule has 0 bridgehead atoms. The lowest BCUT2D eigenvalue weighted by atomic mass is 10.1. The normalized spacial score (nSPS) is 10.7. The van der Waals surface area contributed by atoms with Crippen LogP contribution in [0.3, 0.4) is 0 Å². The average Bonchev–Trinajstić information content (AvgIpc) is 2.65. The molecular formula is C19H14FN5O. The van der Waals surface area contributed by atoms with E-state index >= 15 is 0 Å². The first-order valence-corrected chi connectivity index (χ1v) is 7.74. The second-order valence-electron chi connectivity index (χ2n) is 5.46.